The lowest BCUT2D eigenvalue weighted by Gasteiger charge is -2.26. The highest BCUT2D eigenvalue weighted by atomic mass is 16.5. The maximum absolute atomic E-state index is 12.8. The summed E-state index contributed by atoms with van der Waals surface area (Å²) < 4.78 is 16.3. The third kappa shape index (κ3) is 4.05. The van der Waals surface area contributed by atoms with E-state index in [1.165, 1.54) is 26.4 Å². The van der Waals surface area contributed by atoms with Gasteiger partial charge in [-0.05, 0) is 67.9 Å². The first-order valence-electron chi connectivity index (χ1n) is 10.4. The van der Waals surface area contributed by atoms with Gasteiger partial charge in [-0.3, -0.25) is 4.79 Å². The smallest absolute Gasteiger partial charge is 0.235 e. The Kier molecular flexibility index (Phi) is 5.78. The van der Waals surface area contributed by atoms with Gasteiger partial charge in [0.25, 0.3) is 0 Å². The maximum Gasteiger partial charge on any atom is 0.235 e. The zero-order valence-corrected chi connectivity index (χ0v) is 17.7. The van der Waals surface area contributed by atoms with Crippen molar-refractivity contribution >= 4 is 11.0 Å². The van der Waals surface area contributed by atoms with Crippen molar-refractivity contribution in [2.45, 2.75) is 38.1 Å². The average molecular weight is 425 g/mol. The molecule has 0 amide bonds. The largest absolute Gasteiger partial charge is 0.502 e. The van der Waals surface area contributed by atoms with Crippen molar-refractivity contribution in [3.63, 3.8) is 0 Å². The molecule has 3 aromatic rings. The molecule has 164 valence electrons. The number of phenols is 1. The number of hydrogen-bond acceptors (Lipinski definition) is 7. The normalized spacial score (nSPS) is 18.8. The molecule has 0 saturated heterocycles. The molecule has 7 nitrogen and oxygen atoms in total. The van der Waals surface area contributed by atoms with Gasteiger partial charge in [0, 0.05) is 11.6 Å². The Morgan fingerprint density at radius 2 is 1.65 bits per heavy atom. The fourth-order valence-corrected chi connectivity index (χ4v) is 4.30. The van der Waals surface area contributed by atoms with Crippen LogP contribution in [0.1, 0.15) is 31.2 Å². The number of benzene rings is 2. The van der Waals surface area contributed by atoms with Crippen molar-refractivity contribution in [2.24, 2.45) is 11.7 Å². The molecule has 1 aromatic heterocycles. The Bertz CT molecular complexity index is 1140. The Hall–Kier alpha value is -3.19. The first kappa shape index (κ1) is 21.1. The molecule has 4 N–H and O–H groups in total. The van der Waals surface area contributed by atoms with E-state index in [9.17, 15) is 15.0 Å². The second-order valence-corrected chi connectivity index (χ2v) is 8.15. The van der Waals surface area contributed by atoms with Crippen LogP contribution in [-0.2, 0) is 6.42 Å². The van der Waals surface area contributed by atoms with E-state index < -0.39 is 11.2 Å². The van der Waals surface area contributed by atoms with Crippen molar-refractivity contribution in [3.05, 3.63) is 46.1 Å². The van der Waals surface area contributed by atoms with Crippen molar-refractivity contribution in [1.29, 1.82) is 0 Å². The number of aromatic hydroxyl groups is 2. The van der Waals surface area contributed by atoms with Gasteiger partial charge in [0.1, 0.15) is 5.58 Å². The molecular weight excluding hydrogens is 398 g/mol. The van der Waals surface area contributed by atoms with Crippen LogP contribution in [0.25, 0.3) is 22.3 Å². The summed E-state index contributed by atoms with van der Waals surface area (Å²) in [4.78, 5) is 12.8. The van der Waals surface area contributed by atoms with E-state index in [0.29, 0.717) is 28.5 Å². The molecule has 1 fully saturated rings. The summed E-state index contributed by atoms with van der Waals surface area (Å²) in [6.45, 7) is 0. The second kappa shape index (κ2) is 8.51. The monoisotopic (exact) mass is 425 g/mol. The number of ether oxygens (including phenoxy) is 2. The van der Waals surface area contributed by atoms with Crippen LogP contribution < -0.4 is 20.6 Å². The fourth-order valence-electron chi connectivity index (χ4n) is 4.30. The van der Waals surface area contributed by atoms with Gasteiger partial charge < -0.3 is 29.8 Å². The highest BCUT2D eigenvalue weighted by Gasteiger charge is 2.21. The predicted octanol–water partition coefficient (Wildman–Crippen LogP) is 3.95. The van der Waals surface area contributed by atoms with Gasteiger partial charge in [0.15, 0.2) is 17.3 Å². The quantitative estimate of drug-likeness (QED) is 0.567. The van der Waals surface area contributed by atoms with Crippen LogP contribution in [0.2, 0.25) is 0 Å². The summed E-state index contributed by atoms with van der Waals surface area (Å²) in [5.41, 5.74) is 7.33. The van der Waals surface area contributed by atoms with Crippen LogP contribution in [0.3, 0.4) is 0 Å². The lowest BCUT2D eigenvalue weighted by molar-refractivity contribution is 0.325. The minimum absolute atomic E-state index is 0.00473. The van der Waals surface area contributed by atoms with Gasteiger partial charge >= 0.3 is 0 Å². The number of fused-ring (bicyclic) bond motifs is 1. The minimum Gasteiger partial charge on any atom is -0.502 e. The first-order valence-corrected chi connectivity index (χ1v) is 10.4. The molecule has 31 heavy (non-hydrogen) atoms. The fraction of sp³-hybridized carbons (Fsp3) is 0.375. The van der Waals surface area contributed by atoms with E-state index in [1.54, 1.807) is 6.07 Å². The van der Waals surface area contributed by atoms with Gasteiger partial charge in [-0.25, -0.2) is 0 Å². The number of hydrogen-bond donors (Lipinski definition) is 3. The Morgan fingerprint density at radius 3 is 2.26 bits per heavy atom. The van der Waals surface area contributed by atoms with Gasteiger partial charge in [-0.2, -0.15) is 0 Å². The van der Waals surface area contributed by atoms with Crippen LogP contribution >= 0.6 is 0 Å². The summed E-state index contributed by atoms with van der Waals surface area (Å²) in [5.74, 6) is 0.157. The molecule has 4 rings (SSSR count). The predicted molar refractivity (Wildman–Crippen MR) is 118 cm³/mol. The molecule has 0 atom stereocenters. The zero-order valence-electron chi connectivity index (χ0n) is 17.7. The van der Waals surface area contributed by atoms with Crippen LogP contribution in [0, 0.1) is 5.92 Å². The number of nitrogens with two attached hydrogens (primary N) is 1. The van der Waals surface area contributed by atoms with E-state index in [1.807, 2.05) is 12.1 Å². The van der Waals surface area contributed by atoms with Crippen molar-refractivity contribution in [3.8, 4) is 34.3 Å². The molecule has 0 aliphatic heterocycles. The lowest BCUT2D eigenvalue weighted by atomic mass is 9.83. The summed E-state index contributed by atoms with van der Waals surface area (Å²) >= 11 is 0. The van der Waals surface area contributed by atoms with Crippen molar-refractivity contribution < 1.29 is 24.1 Å². The molecule has 7 heteroatoms. The first-order chi connectivity index (χ1) is 14.9. The molecular formula is C24H27NO6. The third-order valence-electron chi connectivity index (χ3n) is 6.09. The highest BCUT2D eigenvalue weighted by Crippen LogP contribution is 2.42. The second-order valence-electron chi connectivity index (χ2n) is 8.15. The van der Waals surface area contributed by atoms with Crippen LogP contribution in [0.4, 0.5) is 0 Å². The molecule has 0 bridgehead atoms. The third-order valence-corrected chi connectivity index (χ3v) is 6.09. The molecule has 1 aliphatic rings. The molecule has 1 aliphatic carbocycles. The van der Waals surface area contributed by atoms with Crippen LogP contribution in [0.5, 0.6) is 23.0 Å². The average Bonchev–Trinajstić information content (AvgIpc) is 2.78. The summed E-state index contributed by atoms with van der Waals surface area (Å²) in [6, 6.07) is 8.75. The van der Waals surface area contributed by atoms with E-state index >= 15 is 0 Å². The topological polar surface area (TPSA) is 115 Å². The van der Waals surface area contributed by atoms with Crippen LogP contribution in [-0.4, -0.2) is 30.5 Å². The number of methoxy groups -OCH3 is 2. The number of phenolic OH excluding ortho intramolecular Hbond substituents is 1. The SMILES string of the molecule is COc1cc(-c2oc3cc(CC4CCC(N)CC4)ccc3c(=O)c2O)cc(OC)c1O. The van der Waals surface area contributed by atoms with Crippen LogP contribution in [0.15, 0.2) is 39.5 Å². The minimum atomic E-state index is -0.516. The van der Waals surface area contributed by atoms with Crippen molar-refractivity contribution in [1.82, 2.24) is 0 Å². The lowest BCUT2D eigenvalue weighted by Crippen LogP contribution is -2.27. The number of rotatable bonds is 5. The standard InChI is InChI=1S/C24H27NO6/c1-29-19-11-15(12-20(30-2)22(19)27)24-23(28)21(26)17-8-5-14(10-18(17)31-24)9-13-3-6-16(25)7-4-13/h5,8,10-13,16,27-28H,3-4,6-7,9,25H2,1-2H3. The molecule has 1 heterocycles. The Balaban J connectivity index is 1.76. The Labute approximate surface area is 180 Å². The van der Waals surface area contributed by atoms with Gasteiger partial charge in [-0.15, -0.1) is 0 Å². The summed E-state index contributed by atoms with van der Waals surface area (Å²) in [6.07, 6.45) is 5.16. The van der Waals surface area contributed by atoms with Gasteiger partial charge in [0.05, 0.1) is 19.6 Å². The summed E-state index contributed by atoms with van der Waals surface area (Å²) in [5, 5.41) is 21.0. The maximum atomic E-state index is 12.8. The van der Waals surface area contributed by atoms with E-state index in [-0.39, 0.29) is 23.0 Å². The molecule has 1 saturated carbocycles. The molecule has 0 spiro atoms. The van der Waals surface area contributed by atoms with E-state index in [4.69, 9.17) is 19.6 Å². The molecule has 0 unspecified atom stereocenters. The van der Waals surface area contributed by atoms with Gasteiger partial charge in [-0.1, -0.05) is 6.07 Å². The Morgan fingerprint density at radius 1 is 1.00 bits per heavy atom. The zero-order chi connectivity index (χ0) is 22.1. The molecule has 2 aromatic carbocycles. The van der Waals surface area contributed by atoms with E-state index in [0.717, 1.165) is 37.7 Å². The van der Waals surface area contributed by atoms with E-state index in [2.05, 4.69) is 0 Å². The van der Waals surface area contributed by atoms with Crippen molar-refractivity contribution in [2.75, 3.05) is 14.2 Å². The van der Waals surface area contributed by atoms with Gasteiger partial charge in [0.2, 0.25) is 16.9 Å². The molecule has 0 radical (unpaired) electrons. The summed E-state index contributed by atoms with van der Waals surface area (Å²) in [7, 11) is 2.80. The highest BCUT2D eigenvalue weighted by molar-refractivity contribution is 5.83.